The van der Waals surface area contributed by atoms with Gasteiger partial charge in [0.15, 0.2) is 11.5 Å². The van der Waals surface area contributed by atoms with Crippen LogP contribution in [-0.4, -0.2) is 67.2 Å². The summed E-state index contributed by atoms with van der Waals surface area (Å²) in [6, 6.07) is 12.0. The van der Waals surface area contributed by atoms with Crippen molar-refractivity contribution < 1.29 is 19.1 Å². The van der Waals surface area contributed by atoms with Crippen molar-refractivity contribution in [2.24, 2.45) is 0 Å². The van der Waals surface area contributed by atoms with E-state index < -0.39 is 12.1 Å². The molecule has 1 atom stereocenters. The van der Waals surface area contributed by atoms with Gasteiger partial charge in [0.25, 0.3) is 0 Å². The minimum absolute atomic E-state index is 0.330. The van der Waals surface area contributed by atoms with Crippen LogP contribution in [0.5, 0.6) is 11.5 Å². The van der Waals surface area contributed by atoms with Crippen molar-refractivity contribution in [1.29, 1.82) is 0 Å². The molecule has 2 N–H and O–H groups in total. The monoisotopic (exact) mass is 458 g/mol. The summed E-state index contributed by atoms with van der Waals surface area (Å²) in [6.07, 6.45) is 0. The second-order valence-corrected chi connectivity index (χ2v) is 8.36. The molecular weight excluding hydrogens is 432 g/mol. The van der Waals surface area contributed by atoms with Crippen molar-refractivity contribution in [3.05, 3.63) is 53.1 Å². The summed E-state index contributed by atoms with van der Waals surface area (Å²) in [5.41, 5.74) is 1.70. The van der Waals surface area contributed by atoms with Gasteiger partial charge in [0.2, 0.25) is 5.91 Å². The number of rotatable bonds is 5. The Kier molecular flexibility index (Phi) is 7.14. The van der Waals surface area contributed by atoms with Gasteiger partial charge >= 0.3 is 6.03 Å². The summed E-state index contributed by atoms with van der Waals surface area (Å²) >= 11 is 6.07. The summed E-state index contributed by atoms with van der Waals surface area (Å²) in [4.78, 5) is 29.3. The molecule has 2 heterocycles. The summed E-state index contributed by atoms with van der Waals surface area (Å²) in [5.74, 6) is 0.883. The molecule has 2 aliphatic heterocycles. The Hall–Kier alpha value is -2.81. The summed E-state index contributed by atoms with van der Waals surface area (Å²) in [5, 5.41) is 5.84. The third kappa shape index (κ3) is 5.70. The Morgan fingerprint density at radius 3 is 2.53 bits per heavy atom. The van der Waals surface area contributed by atoms with E-state index in [2.05, 4.69) is 26.5 Å². The Labute approximate surface area is 192 Å². The van der Waals surface area contributed by atoms with Crippen LogP contribution in [0.4, 0.5) is 10.5 Å². The minimum Gasteiger partial charge on any atom is -0.486 e. The van der Waals surface area contributed by atoms with Crippen LogP contribution < -0.4 is 20.1 Å². The van der Waals surface area contributed by atoms with Gasteiger partial charge in [-0.25, -0.2) is 4.79 Å². The number of anilines is 1. The minimum atomic E-state index is -0.571. The lowest BCUT2D eigenvalue weighted by molar-refractivity contribution is -0.125. The molecule has 0 radical (unpaired) electrons. The van der Waals surface area contributed by atoms with Gasteiger partial charge in [0.1, 0.15) is 13.2 Å². The lowest BCUT2D eigenvalue weighted by Gasteiger charge is -2.37. The highest BCUT2D eigenvalue weighted by Gasteiger charge is 2.26. The lowest BCUT2D eigenvalue weighted by Crippen LogP contribution is -2.54. The van der Waals surface area contributed by atoms with E-state index in [0.29, 0.717) is 30.4 Å². The van der Waals surface area contributed by atoms with Gasteiger partial charge < -0.3 is 14.8 Å². The van der Waals surface area contributed by atoms with Gasteiger partial charge in [-0.3, -0.25) is 19.9 Å². The number of benzene rings is 2. The standard InChI is InChI=1S/C23H27ClN4O4/c1-16(28-9-7-27(8-10-28)15-17-3-2-4-18(24)13-17)22(29)26-23(30)25-19-5-6-20-21(14-19)32-12-11-31-20/h2-6,13-14,16H,7-12,15H2,1H3,(H2,25,26,29,30). The molecule has 2 aliphatic rings. The number of imide groups is 1. The number of nitrogens with one attached hydrogen (secondary N) is 2. The molecule has 32 heavy (non-hydrogen) atoms. The molecule has 2 aromatic carbocycles. The fourth-order valence-corrected chi connectivity index (χ4v) is 4.08. The first kappa shape index (κ1) is 22.4. The summed E-state index contributed by atoms with van der Waals surface area (Å²) < 4.78 is 11.0. The van der Waals surface area contributed by atoms with E-state index in [4.69, 9.17) is 21.1 Å². The molecule has 1 fully saturated rings. The van der Waals surface area contributed by atoms with Gasteiger partial charge in [-0.1, -0.05) is 23.7 Å². The number of ether oxygens (including phenoxy) is 2. The molecule has 0 bridgehead atoms. The molecule has 9 heteroatoms. The first-order chi connectivity index (χ1) is 15.5. The van der Waals surface area contributed by atoms with Crippen LogP contribution in [-0.2, 0) is 11.3 Å². The molecule has 2 aromatic rings. The quantitative estimate of drug-likeness (QED) is 0.716. The molecule has 1 saturated heterocycles. The highest BCUT2D eigenvalue weighted by atomic mass is 35.5. The molecule has 0 spiro atoms. The van der Waals surface area contributed by atoms with Crippen molar-refractivity contribution >= 4 is 29.2 Å². The molecule has 1 unspecified atom stereocenters. The van der Waals surface area contributed by atoms with E-state index in [0.717, 1.165) is 37.7 Å². The summed E-state index contributed by atoms with van der Waals surface area (Å²) in [7, 11) is 0. The first-order valence-corrected chi connectivity index (χ1v) is 11.1. The zero-order chi connectivity index (χ0) is 22.5. The number of carbonyl (C=O) groups is 2. The van der Waals surface area contributed by atoms with Crippen LogP contribution in [0, 0.1) is 0 Å². The SMILES string of the molecule is CC(C(=O)NC(=O)Nc1ccc2c(c1)OCCO2)N1CCN(Cc2cccc(Cl)c2)CC1. The van der Waals surface area contributed by atoms with Crippen molar-refractivity contribution in [1.82, 2.24) is 15.1 Å². The Bertz CT molecular complexity index is 978. The van der Waals surface area contributed by atoms with Crippen LogP contribution >= 0.6 is 11.6 Å². The maximum Gasteiger partial charge on any atom is 0.325 e. The van der Waals surface area contributed by atoms with Crippen LogP contribution in [0.1, 0.15) is 12.5 Å². The largest absolute Gasteiger partial charge is 0.486 e. The molecule has 0 saturated carbocycles. The summed E-state index contributed by atoms with van der Waals surface area (Å²) in [6.45, 7) is 6.79. The number of piperazine rings is 1. The predicted molar refractivity (Wildman–Crippen MR) is 122 cm³/mol. The third-order valence-electron chi connectivity index (χ3n) is 5.67. The maximum absolute atomic E-state index is 12.6. The van der Waals surface area contributed by atoms with Crippen LogP contribution in [0.15, 0.2) is 42.5 Å². The van der Waals surface area contributed by atoms with E-state index in [-0.39, 0.29) is 5.91 Å². The highest BCUT2D eigenvalue weighted by molar-refractivity contribution is 6.30. The fraction of sp³-hybridized carbons (Fsp3) is 0.391. The molecular formula is C23H27ClN4O4. The average molecular weight is 459 g/mol. The Morgan fingerprint density at radius 1 is 1.03 bits per heavy atom. The molecule has 0 aromatic heterocycles. The van der Waals surface area contributed by atoms with Gasteiger partial charge in [0, 0.05) is 49.5 Å². The second kappa shape index (κ2) is 10.2. The third-order valence-corrected chi connectivity index (χ3v) is 5.90. The van der Waals surface area contributed by atoms with Crippen LogP contribution in [0.25, 0.3) is 0 Å². The number of urea groups is 1. The van der Waals surface area contributed by atoms with Gasteiger partial charge in [-0.05, 0) is 36.8 Å². The van der Waals surface area contributed by atoms with Crippen molar-refractivity contribution in [3.8, 4) is 11.5 Å². The van der Waals surface area contributed by atoms with E-state index in [9.17, 15) is 9.59 Å². The maximum atomic E-state index is 12.6. The molecule has 4 rings (SSSR count). The van der Waals surface area contributed by atoms with E-state index >= 15 is 0 Å². The van der Waals surface area contributed by atoms with E-state index in [1.165, 1.54) is 5.56 Å². The zero-order valence-electron chi connectivity index (χ0n) is 18.0. The first-order valence-electron chi connectivity index (χ1n) is 10.7. The van der Waals surface area contributed by atoms with E-state index in [1.54, 1.807) is 18.2 Å². The average Bonchev–Trinajstić information content (AvgIpc) is 2.79. The molecule has 8 nitrogen and oxygen atoms in total. The zero-order valence-corrected chi connectivity index (χ0v) is 18.7. The van der Waals surface area contributed by atoms with Crippen molar-refractivity contribution in [2.75, 3.05) is 44.7 Å². The molecule has 0 aliphatic carbocycles. The Balaban J connectivity index is 1.23. The van der Waals surface area contributed by atoms with Crippen LogP contribution in [0.3, 0.4) is 0 Å². The Morgan fingerprint density at radius 2 is 1.78 bits per heavy atom. The lowest BCUT2D eigenvalue weighted by atomic mass is 10.1. The highest BCUT2D eigenvalue weighted by Crippen LogP contribution is 2.32. The van der Waals surface area contributed by atoms with Crippen LogP contribution in [0.2, 0.25) is 5.02 Å². The van der Waals surface area contributed by atoms with Crippen molar-refractivity contribution in [2.45, 2.75) is 19.5 Å². The number of carbonyl (C=O) groups excluding carboxylic acids is 2. The molecule has 3 amide bonds. The van der Waals surface area contributed by atoms with Gasteiger partial charge in [-0.15, -0.1) is 0 Å². The number of hydrogen-bond donors (Lipinski definition) is 2. The fourth-order valence-electron chi connectivity index (χ4n) is 3.87. The second-order valence-electron chi connectivity index (χ2n) is 7.92. The van der Waals surface area contributed by atoms with Gasteiger partial charge in [-0.2, -0.15) is 0 Å². The molecule has 170 valence electrons. The number of fused-ring (bicyclic) bond motifs is 1. The number of hydrogen-bond acceptors (Lipinski definition) is 6. The van der Waals surface area contributed by atoms with Crippen molar-refractivity contribution in [3.63, 3.8) is 0 Å². The number of nitrogens with zero attached hydrogens (tertiary/aromatic N) is 2. The number of amides is 3. The topological polar surface area (TPSA) is 83.1 Å². The van der Waals surface area contributed by atoms with Gasteiger partial charge in [0.05, 0.1) is 6.04 Å². The normalized spacial score (nSPS) is 17.4. The van der Waals surface area contributed by atoms with E-state index in [1.807, 2.05) is 25.1 Å². The smallest absolute Gasteiger partial charge is 0.325 e. The number of halogens is 1. The predicted octanol–water partition coefficient (Wildman–Crippen LogP) is 2.97.